The first-order valence-electron chi connectivity index (χ1n) is 12.5. The molecule has 13 heteroatoms. The molecule has 1 atom stereocenters. The Morgan fingerprint density at radius 3 is 2.50 bits per heavy atom. The fourth-order valence-electron chi connectivity index (χ4n) is 4.57. The number of hydrogen-bond donors (Lipinski definition) is 2. The fourth-order valence-corrected chi connectivity index (χ4v) is 5.17. The molecule has 38 heavy (non-hydrogen) atoms. The zero-order valence-corrected chi connectivity index (χ0v) is 22.7. The van der Waals surface area contributed by atoms with Crippen molar-refractivity contribution in [2.45, 2.75) is 58.2 Å². The quantitative estimate of drug-likeness (QED) is 0.399. The molecule has 1 amide bonds. The number of carboxylic acids is 1. The van der Waals surface area contributed by atoms with Crippen molar-refractivity contribution in [1.29, 1.82) is 0 Å². The van der Waals surface area contributed by atoms with Gasteiger partial charge in [0.15, 0.2) is 0 Å². The standard InChI is InChI=1S/C25H34F3N5O4S/c1-15(2)13-33(18-7-9-32(10-8-18)21(34)14-37-4)20-6-5-17(16(3)11-22(35)36)12-19(20)29-24-30-23(31-38-24)25(26,27)28/h5-6,12,15-16,18H,7-11,13-14H2,1-4H3,(H,35,36)(H,29,30,31)/t16-/m1/s1. The molecule has 9 nitrogen and oxygen atoms in total. The van der Waals surface area contributed by atoms with Crippen molar-refractivity contribution in [2.24, 2.45) is 5.92 Å². The molecule has 210 valence electrons. The van der Waals surface area contributed by atoms with Crippen LogP contribution < -0.4 is 10.2 Å². The lowest BCUT2D eigenvalue weighted by Gasteiger charge is -2.41. The van der Waals surface area contributed by atoms with E-state index in [4.69, 9.17) is 4.74 Å². The summed E-state index contributed by atoms with van der Waals surface area (Å²) in [6.07, 6.45) is -3.31. The number of ether oxygens (including phenoxy) is 1. The van der Waals surface area contributed by atoms with E-state index in [9.17, 15) is 27.9 Å². The number of likely N-dealkylation sites (tertiary alicyclic amines) is 1. The topological polar surface area (TPSA) is 108 Å². The number of alkyl halides is 3. The third-order valence-electron chi connectivity index (χ3n) is 6.39. The second-order valence-electron chi connectivity index (χ2n) is 9.91. The molecular weight excluding hydrogens is 523 g/mol. The highest BCUT2D eigenvalue weighted by molar-refractivity contribution is 7.09. The smallest absolute Gasteiger partial charge is 0.452 e. The first-order valence-corrected chi connectivity index (χ1v) is 13.2. The Morgan fingerprint density at radius 2 is 1.95 bits per heavy atom. The number of aromatic nitrogens is 2. The van der Waals surface area contributed by atoms with Gasteiger partial charge in [-0.05, 0) is 42.4 Å². The number of carboxylic acid groups (broad SMARTS) is 1. The summed E-state index contributed by atoms with van der Waals surface area (Å²) < 4.78 is 47.8. The van der Waals surface area contributed by atoms with Crippen LogP contribution >= 0.6 is 11.5 Å². The normalized spacial score (nSPS) is 15.5. The summed E-state index contributed by atoms with van der Waals surface area (Å²) in [5.74, 6) is -2.24. The van der Waals surface area contributed by atoms with E-state index < -0.39 is 18.0 Å². The molecule has 0 radical (unpaired) electrons. The van der Waals surface area contributed by atoms with Gasteiger partial charge in [-0.3, -0.25) is 9.59 Å². The van der Waals surface area contributed by atoms with Gasteiger partial charge in [0.05, 0.1) is 17.8 Å². The highest BCUT2D eigenvalue weighted by atomic mass is 32.1. The van der Waals surface area contributed by atoms with E-state index in [0.717, 1.165) is 24.1 Å². The molecule has 0 bridgehead atoms. The number of anilines is 3. The molecule has 1 aliphatic rings. The lowest BCUT2D eigenvalue weighted by Crippen LogP contribution is -2.48. The minimum atomic E-state index is -4.66. The molecule has 0 saturated carbocycles. The Bertz CT molecular complexity index is 1100. The number of carbonyl (C=O) groups is 2. The highest BCUT2D eigenvalue weighted by Crippen LogP contribution is 2.37. The number of rotatable bonds is 11. The third kappa shape index (κ3) is 7.79. The molecule has 1 saturated heterocycles. The van der Waals surface area contributed by atoms with Gasteiger partial charge in [-0.15, -0.1) is 0 Å². The van der Waals surface area contributed by atoms with Crippen LogP contribution in [0.1, 0.15) is 57.3 Å². The summed E-state index contributed by atoms with van der Waals surface area (Å²) >= 11 is 0.613. The molecule has 1 aromatic carbocycles. The second-order valence-corrected chi connectivity index (χ2v) is 10.7. The van der Waals surface area contributed by atoms with Gasteiger partial charge in [0.2, 0.25) is 16.9 Å². The van der Waals surface area contributed by atoms with Crippen molar-refractivity contribution in [3.8, 4) is 0 Å². The third-order valence-corrected chi connectivity index (χ3v) is 7.02. The molecule has 1 fully saturated rings. The van der Waals surface area contributed by atoms with E-state index in [1.165, 1.54) is 7.11 Å². The summed E-state index contributed by atoms with van der Waals surface area (Å²) in [6.45, 7) is 7.82. The number of nitrogens with zero attached hydrogens (tertiary/aromatic N) is 4. The van der Waals surface area contributed by atoms with Crippen LogP contribution in [0.3, 0.4) is 0 Å². The molecule has 3 rings (SSSR count). The molecule has 1 aromatic heterocycles. The summed E-state index contributed by atoms with van der Waals surface area (Å²) in [5, 5.41) is 12.3. The van der Waals surface area contributed by atoms with Crippen molar-refractivity contribution in [3.05, 3.63) is 29.6 Å². The SMILES string of the molecule is COCC(=O)N1CCC(N(CC(C)C)c2ccc([C@H](C)CC(=O)O)cc2Nc2nc(C(F)(F)F)ns2)CC1. The molecule has 2 heterocycles. The van der Waals surface area contributed by atoms with Crippen LogP contribution in [0.2, 0.25) is 0 Å². The van der Waals surface area contributed by atoms with Crippen molar-refractivity contribution in [2.75, 3.05) is 43.6 Å². The van der Waals surface area contributed by atoms with E-state index >= 15 is 0 Å². The number of halogens is 3. The van der Waals surface area contributed by atoms with Crippen LogP contribution in [0.25, 0.3) is 0 Å². The van der Waals surface area contributed by atoms with Crippen LogP contribution in [-0.4, -0.2) is 70.6 Å². The Kier molecular flexibility index (Phi) is 9.94. The molecule has 0 unspecified atom stereocenters. The van der Waals surface area contributed by atoms with Crippen molar-refractivity contribution in [1.82, 2.24) is 14.3 Å². The van der Waals surface area contributed by atoms with E-state index in [1.807, 2.05) is 12.1 Å². The van der Waals surface area contributed by atoms with Crippen LogP contribution in [0.5, 0.6) is 0 Å². The van der Waals surface area contributed by atoms with Crippen LogP contribution in [0.15, 0.2) is 18.2 Å². The molecule has 2 N–H and O–H groups in total. The Hall–Kier alpha value is -2.93. The molecule has 1 aliphatic heterocycles. The van der Waals surface area contributed by atoms with Gasteiger partial charge in [0, 0.05) is 44.3 Å². The maximum absolute atomic E-state index is 13.1. The van der Waals surface area contributed by atoms with E-state index in [0.29, 0.717) is 36.9 Å². The van der Waals surface area contributed by atoms with Gasteiger partial charge in [-0.25, -0.2) is 0 Å². The second kappa shape index (κ2) is 12.7. The fraction of sp³-hybridized carbons (Fsp3) is 0.600. The number of carbonyl (C=O) groups excluding carboxylic acids is 1. The van der Waals surface area contributed by atoms with Gasteiger partial charge in [0.1, 0.15) is 6.61 Å². The molecule has 2 aromatic rings. The van der Waals surface area contributed by atoms with Gasteiger partial charge in [-0.1, -0.05) is 26.8 Å². The first-order chi connectivity index (χ1) is 17.9. The van der Waals surface area contributed by atoms with Gasteiger partial charge >= 0.3 is 12.1 Å². The average molecular weight is 558 g/mol. The van der Waals surface area contributed by atoms with Gasteiger partial charge in [-0.2, -0.15) is 22.5 Å². The van der Waals surface area contributed by atoms with Gasteiger partial charge in [0.25, 0.3) is 0 Å². The Morgan fingerprint density at radius 1 is 1.26 bits per heavy atom. The van der Waals surface area contributed by atoms with Crippen molar-refractivity contribution in [3.63, 3.8) is 0 Å². The zero-order valence-electron chi connectivity index (χ0n) is 21.9. The summed E-state index contributed by atoms with van der Waals surface area (Å²) in [4.78, 5) is 31.2. The Labute approximate surface area is 224 Å². The summed E-state index contributed by atoms with van der Waals surface area (Å²) in [7, 11) is 1.49. The number of amides is 1. The maximum Gasteiger partial charge on any atom is 0.452 e. The Balaban J connectivity index is 1.96. The van der Waals surface area contributed by atoms with Gasteiger partial charge < -0.3 is 25.0 Å². The molecule has 0 aliphatic carbocycles. The lowest BCUT2D eigenvalue weighted by atomic mass is 9.95. The van der Waals surface area contributed by atoms with Crippen molar-refractivity contribution < 1.29 is 32.6 Å². The average Bonchev–Trinajstić information content (AvgIpc) is 3.32. The highest BCUT2D eigenvalue weighted by Gasteiger charge is 2.36. The minimum absolute atomic E-state index is 0.00825. The number of nitrogens with one attached hydrogen (secondary N) is 1. The monoisotopic (exact) mass is 557 g/mol. The molecule has 0 spiro atoms. The largest absolute Gasteiger partial charge is 0.481 e. The summed E-state index contributed by atoms with van der Waals surface area (Å²) in [6, 6.07) is 5.61. The predicted octanol–water partition coefficient (Wildman–Crippen LogP) is 4.98. The summed E-state index contributed by atoms with van der Waals surface area (Å²) in [5.41, 5.74) is 2.04. The number of benzene rings is 1. The molecular formula is C25H34F3N5O4S. The zero-order chi connectivity index (χ0) is 28.0. The number of aliphatic carboxylic acids is 1. The van der Waals surface area contributed by atoms with E-state index in [1.54, 1.807) is 17.9 Å². The maximum atomic E-state index is 13.1. The van der Waals surface area contributed by atoms with Crippen molar-refractivity contribution >= 4 is 39.9 Å². The minimum Gasteiger partial charge on any atom is -0.481 e. The van der Waals surface area contributed by atoms with Crippen LogP contribution in [0, 0.1) is 5.92 Å². The first kappa shape index (κ1) is 29.6. The van der Waals surface area contributed by atoms with Crippen LogP contribution in [-0.2, 0) is 20.5 Å². The predicted molar refractivity (Wildman–Crippen MR) is 139 cm³/mol. The number of piperidine rings is 1. The van der Waals surface area contributed by atoms with E-state index in [2.05, 4.69) is 33.4 Å². The van der Waals surface area contributed by atoms with E-state index in [-0.39, 0.29) is 41.9 Å². The lowest BCUT2D eigenvalue weighted by molar-refractivity contribution is -0.144. The number of hydrogen-bond acceptors (Lipinski definition) is 8. The number of methoxy groups -OCH3 is 1. The van der Waals surface area contributed by atoms with Crippen LogP contribution in [0.4, 0.5) is 29.7 Å².